The van der Waals surface area contributed by atoms with Crippen LogP contribution in [0.4, 0.5) is 11.4 Å². The Labute approximate surface area is 168 Å². The molecule has 0 aliphatic carbocycles. The fourth-order valence-electron chi connectivity index (χ4n) is 2.84. The van der Waals surface area contributed by atoms with Crippen molar-refractivity contribution in [3.8, 4) is 5.69 Å². The predicted molar refractivity (Wildman–Crippen MR) is 111 cm³/mol. The number of aryl methyl sites for hydroxylation is 1. The molecule has 0 saturated carbocycles. The van der Waals surface area contributed by atoms with Gasteiger partial charge in [-0.15, -0.1) is 11.6 Å². The van der Waals surface area contributed by atoms with Crippen LogP contribution in [-0.2, 0) is 4.79 Å². The first-order valence-electron chi connectivity index (χ1n) is 8.88. The molecule has 2 amide bonds. The molecular formula is C21H21ClN4O2. The number of aromatic nitrogens is 2. The van der Waals surface area contributed by atoms with Crippen molar-refractivity contribution in [2.75, 3.05) is 16.5 Å². The molecule has 28 heavy (non-hydrogen) atoms. The minimum Gasteiger partial charge on any atom is -0.326 e. The van der Waals surface area contributed by atoms with Gasteiger partial charge < -0.3 is 10.6 Å². The van der Waals surface area contributed by atoms with Crippen molar-refractivity contribution in [1.29, 1.82) is 0 Å². The van der Waals surface area contributed by atoms with Crippen LogP contribution in [0, 0.1) is 13.8 Å². The fourth-order valence-corrected chi connectivity index (χ4v) is 3.02. The van der Waals surface area contributed by atoms with Gasteiger partial charge in [0, 0.05) is 23.6 Å². The minimum atomic E-state index is -0.238. The van der Waals surface area contributed by atoms with Gasteiger partial charge in [0.15, 0.2) is 0 Å². The number of hydrogen-bond donors (Lipinski definition) is 2. The topological polar surface area (TPSA) is 76.0 Å². The molecule has 144 valence electrons. The average molecular weight is 397 g/mol. The van der Waals surface area contributed by atoms with Crippen molar-refractivity contribution in [3.05, 3.63) is 71.5 Å². The third-order valence-corrected chi connectivity index (χ3v) is 4.47. The van der Waals surface area contributed by atoms with Crippen LogP contribution in [0.15, 0.2) is 54.6 Å². The fraction of sp³-hybridized carbons (Fsp3) is 0.190. The van der Waals surface area contributed by atoms with Gasteiger partial charge in [0.05, 0.1) is 22.8 Å². The molecule has 1 aromatic heterocycles. The Kier molecular flexibility index (Phi) is 6.11. The van der Waals surface area contributed by atoms with Crippen LogP contribution < -0.4 is 10.6 Å². The third kappa shape index (κ3) is 4.40. The second-order valence-electron chi connectivity index (χ2n) is 6.31. The largest absolute Gasteiger partial charge is 0.326 e. The Bertz CT molecular complexity index is 982. The van der Waals surface area contributed by atoms with Crippen LogP contribution in [0.25, 0.3) is 5.69 Å². The SMILES string of the molecule is Cc1nn(-c2ccccc2)c(C)c1NC(=O)c1ccc(NC(=O)CCCl)cc1. The molecule has 0 atom stereocenters. The summed E-state index contributed by atoms with van der Waals surface area (Å²) in [4.78, 5) is 24.2. The molecule has 0 aliphatic rings. The van der Waals surface area contributed by atoms with Gasteiger partial charge in [-0.2, -0.15) is 5.10 Å². The van der Waals surface area contributed by atoms with Crippen LogP contribution in [-0.4, -0.2) is 27.5 Å². The lowest BCUT2D eigenvalue weighted by molar-refractivity contribution is -0.115. The van der Waals surface area contributed by atoms with E-state index in [1.54, 1.807) is 28.9 Å². The van der Waals surface area contributed by atoms with Crippen molar-refractivity contribution in [2.45, 2.75) is 20.3 Å². The Hall–Kier alpha value is -3.12. The number of amides is 2. The van der Waals surface area contributed by atoms with Gasteiger partial charge in [-0.25, -0.2) is 4.68 Å². The lowest BCUT2D eigenvalue weighted by atomic mass is 10.2. The van der Waals surface area contributed by atoms with E-state index in [1.165, 1.54) is 0 Å². The molecule has 3 rings (SSSR count). The van der Waals surface area contributed by atoms with Crippen molar-refractivity contribution in [3.63, 3.8) is 0 Å². The summed E-state index contributed by atoms with van der Waals surface area (Å²) in [5.41, 5.74) is 4.31. The molecular weight excluding hydrogens is 376 g/mol. The highest BCUT2D eigenvalue weighted by Gasteiger charge is 2.16. The summed E-state index contributed by atoms with van der Waals surface area (Å²) >= 11 is 5.55. The van der Waals surface area contributed by atoms with Crippen LogP contribution in [0.3, 0.4) is 0 Å². The van der Waals surface area contributed by atoms with Crippen molar-refractivity contribution < 1.29 is 9.59 Å². The van der Waals surface area contributed by atoms with Crippen molar-refractivity contribution in [2.24, 2.45) is 0 Å². The number of halogens is 1. The number of nitrogens with one attached hydrogen (secondary N) is 2. The summed E-state index contributed by atoms with van der Waals surface area (Å²) in [6.07, 6.45) is 0.244. The molecule has 6 nitrogen and oxygen atoms in total. The first kappa shape index (κ1) is 19.6. The number of carbonyl (C=O) groups excluding carboxylic acids is 2. The Morgan fingerprint density at radius 3 is 2.32 bits per heavy atom. The smallest absolute Gasteiger partial charge is 0.255 e. The second-order valence-corrected chi connectivity index (χ2v) is 6.69. The van der Waals surface area contributed by atoms with E-state index in [-0.39, 0.29) is 24.1 Å². The molecule has 0 fully saturated rings. The highest BCUT2D eigenvalue weighted by atomic mass is 35.5. The highest BCUT2D eigenvalue weighted by molar-refractivity contribution is 6.19. The quantitative estimate of drug-likeness (QED) is 0.609. The second kappa shape index (κ2) is 8.71. The molecule has 2 N–H and O–H groups in total. The Morgan fingerprint density at radius 1 is 1.00 bits per heavy atom. The van der Waals surface area contributed by atoms with Gasteiger partial charge in [0.1, 0.15) is 0 Å². The van der Waals surface area contributed by atoms with Crippen LogP contribution in [0.5, 0.6) is 0 Å². The number of alkyl halides is 1. The molecule has 3 aromatic rings. The van der Waals surface area contributed by atoms with Gasteiger partial charge in [-0.05, 0) is 50.2 Å². The summed E-state index contributed by atoms with van der Waals surface area (Å²) in [6.45, 7) is 3.77. The monoisotopic (exact) mass is 396 g/mol. The van der Waals surface area contributed by atoms with E-state index < -0.39 is 0 Å². The van der Waals surface area contributed by atoms with Gasteiger partial charge in [0.2, 0.25) is 5.91 Å². The number of rotatable bonds is 6. The highest BCUT2D eigenvalue weighted by Crippen LogP contribution is 2.23. The van der Waals surface area contributed by atoms with Crippen LogP contribution in [0.1, 0.15) is 28.2 Å². The molecule has 1 heterocycles. The molecule has 7 heteroatoms. The maximum absolute atomic E-state index is 12.6. The summed E-state index contributed by atoms with van der Waals surface area (Å²) in [5, 5.41) is 10.2. The normalized spacial score (nSPS) is 10.5. The van der Waals surface area contributed by atoms with Gasteiger partial charge in [-0.1, -0.05) is 18.2 Å². The molecule has 0 radical (unpaired) electrons. The summed E-state index contributed by atoms with van der Waals surface area (Å²) in [5.74, 6) is -0.133. The first-order valence-corrected chi connectivity index (χ1v) is 9.42. The van der Waals surface area contributed by atoms with E-state index in [0.29, 0.717) is 16.9 Å². The zero-order valence-electron chi connectivity index (χ0n) is 15.7. The molecule has 0 bridgehead atoms. The van der Waals surface area contributed by atoms with Gasteiger partial charge in [-0.3, -0.25) is 9.59 Å². The molecule has 0 aliphatic heterocycles. The van der Waals surface area contributed by atoms with Gasteiger partial charge >= 0.3 is 0 Å². The maximum atomic E-state index is 12.6. The lowest BCUT2D eigenvalue weighted by Gasteiger charge is -2.08. The average Bonchev–Trinajstić information content (AvgIpc) is 2.97. The van der Waals surface area contributed by atoms with E-state index in [2.05, 4.69) is 15.7 Å². The van der Waals surface area contributed by atoms with Crippen molar-refractivity contribution >= 4 is 34.8 Å². The molecule has 0 unspecified atom stereocenters. The van der Waals surface area contributed by atoms with E-state index in [4.69, 9.17) is 11.6 Å². The number of anilines is 2. The number of nitrogens with zero attached hydrogens (tertiary/aromatic N) is 2. The Balaban J connectivity index is 1.75. The number of para-hydroxylation sites is 1. The summed E-state index contributed by atoms with van der Waals surface area (Å²) in [6, 6.07) is 16.5. The van der Waals surface area contributed by atoms with Crippen molar-refractivity contribution in [1.82, 2.24) is 9.78 Å². The van der Waals surface area contributed by atoms with Gasteiger partial charge in [0.25, 0.3) is 5.91 Å². The number of hydrogen-bond acceptors (Lipinski definition) is 3. The van der Waals surface area contributed by atoms with Crippen LogP contribution in [0.2, 0.25) is 0 Å². The lowest BCUT2D eigenvalue weighted by Crippen LogP contribution is -2.14. The van der Waals surface area contributed by atoms with E-state index in [0.717, 1.165) is 17.1 Å². The Morgan fingerprint density at radius 2 is 1.68 bits per heavy atom. The standard InChI is InChI=1S/C21H21ClN4O2/c1-14-20(15(2)26(25-14)18-6-4-3-5-7-18)24-21(28)16-8-10-17(11-9-16)23-19(27)12-13-22/h3-11H,12-13H2,1-2H3,(H,23,27)(H,24,28). The third-order valence-electron chi connectivity index (χ3n) is 4.28. The zero-order valence-corrected chi connectivity index (χ0v) is 16.5. The predicted octanol–water partition coefficient (Wildman–Crippen LogP) is 4.31. The summed E-state index contributed by atoms with van der Waals surface area (Å²) in [7, 11) is 0. The molecule has 0 saturated heterocycles. The van der Waals surface area contributed by atoms with E-state index >= 15 is 0 Å². The minimum absolute atomic E-state index is 0.160. The van der Waals surface area contributed by atoms with E-state index in [9.17, 15) is 9.59 Å². The summed E-state index contributed by atoms with van der Waals surface area (Å²) < 4.78 is 1.81. The van der Waals surface area contributed by atoms with Crippen LogP contribution >= 0.6 is 11.6 Å². The molecule has 2 aromatic carbocycles. The number of benzene rings is 2. The first-order chi connectivity index (χ1) is 13.5. The molecule has 0 spiro atoms. The zero-order chi connectivity index (χ0) is 20.1. The maximum Gasteiger partial charge on any atom is 0.255 e. The number of carbonyl (C=O) groups is 2. The van der Waals surface area contributed by atoms with E-state index in [1.807, 2.05) is 44.2 Å².